The maximum Gasteiger partial charge on any atom is 0.343 e. The molecule has 2 aromatic heterocycles. The molecule has 7 nitrogen and oxygen atoms in total. The van der Waals surface area contributed by atoms with E-state index in [2.05, 4.69) is 10.2 Å². The molecule has 0 saturated heterocycles. The zero-order valence-corrected chi connectivity index (χ0v) is 11.3. The van der Waals surface area contributed by atoms with Crippen molar-refractivity contribution in [2.24, 2.45) is 0 Å². The predicted octanol–water partition coefficient (Wildman–Crippen LogP) is 0.127. The van der Waals surface area contributed by atoms with Crippen molar-refractivity contribution in [3.8, 4) is 0 Å². The quantitative estimate of drug-likeness (QED) is 0.759. The van der Waals surface area contributed by atoms with Gasteiger partial charge in [-0.3, -0.25) is 9.36 Å². The first kappa shape index (κ1) is 13.5. The molecule has 3 N–H and O–H groups in total. The molecule has 19 heavy (non-hydrogen) atoms. The molecule has 102 valence electrons. The first-order valence-electron chi connectivity index (χ1n) is 5.85. The van der Waals surface area contributed by atoms with Crippen molar-refractivity contribution >= 4 is 17.4 Å². The number of thioether (sulfide) groups is 1. The number of rotatable bonds is 5. The van der Waals surface area contributed by atoms with E-state index in [0.717, 1.165) is 0 Å². The standard InChI is InChI=1S/C11H15N5O2S/c1-2-16-10(18)13-14-11(16)19-6-5-15-7-8(12)3-4-9(15)17/h3-4,7H,2,5-6,12H2,1H3,(H,13,18). The van der Waals surface area contributed by atoms with Crippen molar-refractivity contribution < 1.29 is 0 Å². The Labute approximate surface area is 113 Å². The number of aryl methyl sites for hydroxylation is 1. The molecule has 0 bridgehead atoms. The van der Waals surface area contributed by atoms with Crippen LogP contribution in [0.5, 0.6) is 0 Å². The Balaban J connectivity index is 2.02. The lowest BCUT2D eigenvalue weighted by Gasteiger charge is -2.06. The molecule has 0 spiro atoms. The second-order valence-electron chi connectivity index (χ2n) is 3.90. The summed E-state index contributed by atoms with van der Waals surface area (Å²) in [5.41, 5.74) is 5.87. The molecular formula is C11H15N5O2S. The van der Waals surface area contributed by atoms with Gasteiger partial charge in [-0.05, 0) is 13.0 Å². The van der Waals surface area contributed by atoms with Crippen LogP contribution in [0.3, 0.4) is 0 Å². The molecule has 0 aliphatic rings. The van der Waals surface area contributed by atoms with Gasteiger partial charge in [0, 0.05) is 36.8 Å². The molecule has 0 unspecified atom stereocenters. The Hall–Kier alpha value is -1.96. The van der Waals surface area contributed by atoms with E-state index in [1.54, 1.807) is 21.4 Å². The van der Waals surface area contributed by atoms with Gasteiger partial charge in [0.05, 0.1) is 0 Å². The van der Waals surface area contributed by atoms with Crippen molar-refractivity contribution in [3.05, 3.63) is 39.2 Å². The van der Waals surface area contributed by atoms with E-state index in [0.29, 0.717) is 29.7 Å². The number of aromatic amines is 1. The Bertz CT molecular complexity index is 672. The normalized spacial score (nSPS) is 10.8. The van der Waals surface area contributed by atoms with E-state index in [4.69, 9.17) is 5.73 Å². The summed E-state index contributed by atoms with van der Waals surface area (Å²) in [6.45, 7) is 2.96. The van der Waals surface area contributed by atoms with Crippen LogP contribution in [0.25, 0.3) is 0 Å². The van der Waals surface area contributed by atoms with Gasteiger partial charge in [0.1, 0.15) is 0 Å². The van der Waals surface area contributed by atoms with Gasteiger partial charge >= 0.3 is 5.69 Å². The van der Waals surface area contributed by atoms with Gasteiger partial charge in [-0.1, -0.05) is 11.8 Å². The summed E-state index contributed by atoms with van der Waals surface area (Å²) >= 11 is 1.42. The largest absolute Gasteiger partial charge is 0.398 e. The lowest BCUT2D eigenvalue weighted by molar-refractivity contribution is 0.658. The van der Waals surface area contributed by atoms with Crippen LogP contribution in [0.4, 0.5) is 5.69 Å². The number of nitrogen functional groups attached to an aromatic ring is 1. The average molecular weight is 281 g/mol. The fourth-order valence-corrected chi connectivity index (χ4v) is 2.60. The third-order valence-electron chi connectivity index (χ3n) is 2.61. The number of nitrogens with two attached hydrogens (primary N) is 1. The van der Waals surface area contributed by atoms with Crippen molar-refractivity contribution in [1.29, 1.82) is 0 Å². The van der Waals surface area contributed by atoms with Crippen molar-refractivity contribution in [2.45, 2.75) is 25.2 Å². The highest BCUT2D eigenvalue weighted by atomic mass is 32.2. The molecule has 0 aliphatic carbocycles. The van der Waals surface area contributed by atoms with Crippen LogP contribution < -0.4 is 17.0 Å². The highest BCUT2D eigenvalue weighted by molar-refractivity contribution is 7.99. The molecule has 8 heteroatoms. The Morgan fingerprint density at radius 3 is 2.95 bits per heavy atom. The number of pyridine rings is 1. The van der Waals surface area contributed by atoms with Crippen molar-refractivity contribution in [2.75, 3.05) is 11.5 Å². The van der Waals surface area contributed by atoms with E-state index >= 15 is 0 Å². The van der Waals surface area contributed by atoms with Crippen LogP contribution in [0, 0.1) is 0 Å². The number of H-pyrrole nitrogens is 1. The SMILES string of the molecule is CCn1c(SCCn2cc(N)ccc2=O)n[nH]c1=O. The summed E-state index contributed by atoms with van der Waals surface area (Å²) in [6.07, 6.45) is 1.61. The molecule has 0 fully saturated rings. The Morgan fingerprint density at radius 2 is 2.21 bits per heavy atom. The molecule has 0 radical (unpaired) electrons. The average Bonchev–Trinajstić information content (AvgIpc) is 2.74. The van der Waals surface area contributed by atoms with Gasteiger partial charge < -0.3 is 10.3 Å². The van der Waals surface area contributed by atoms with Crippen LogP contribution in [-0.2, 0) is 13.1 Å². The number of anilines is 1. The van der Waals surface area contributed by atoms with E-state index < -0.39 is 0 Å². The summed E-state index contributed by atoms with van der Waals surface area (Å²) in [4.78, 5) is 22.9. The smallest absolute Gasteiger partial charge is 0.343 e. The van der Waals surface area contributed by atoms with Crippen LogP contribution in [0.1, 0.15) is 6.92 Å². The zero-order chi connectivity index (χ0) is 13.8. The fourth-order valence-electron chi connectivity index (χ4n) is 1.65. The topological polar surface area (TPSA) is 98.7 Å². The minimum atomic E-state index is -0.217. The first-order valence-corrected chi connectivity index (χ1v) is 6.84. The number of hydrogen-bond acceptors (Lipinski definition) is 5. The van der Waals surface area contributed by atoms with E-state index in [1.165, 1.54) is 17.8 Å². The third kappa shape index (κ3) is 3.08. The maximum absolute atomic E-state index is 11.6. The zero-order valence-electron chi connectivity index (χ0n) is 10.5. The number of aromatic nitrogens is 4. The van der Waals surface area contributed by atoms with Crippen LogP contribution in [0.15, 0.2) is 33.1 Å². The molecular weight excluding hydrogens is 266 g/mol. The van der Waals surface area contributed by atoms with E-state index in [-0.39, 0.29) is 11.2 Å². The van der Waals surface area contributed by atoms with E-state index in [1.807, 2.05) is 6.92 Å². The van der Waals surface area contributed by atoms with Gasteiger partial charge in [0.2, 0.25) is 0 Å². The number of nitrogens with zero attached hydrogens (tertiary/aromatic N) is 3. The minimum absolute atomic E-state index is 0.0929. The summed E-state index contributed by atoms with van der Waals surface area (Å²) in [7, 11) is 0. The molecule has 0 aliphatic heterocycles. The van der Waals surface area contributed by atoms with Gasteiger partial charge in [0.15, 0.2) is 5.16 Å². The third-order valence-corrected chi connectivity index (χ3v) is 3.57. The first-order chi connectivity index (χ1) is 9.11. The highest BCUT2D eigenvalue weighted by Gasteiger charge is 2.06. The van der Waals surface area contributed by atoms with E-state index in [9.17, 15) is 9.59 Å². The summed E-state index contributed by atoms with van der Waals surface area (Å²) < 4.78 is 3.09. The molecule has 2 heterocycles. The van der Waals surface area contributed by atoms with Crippen LogP contribution in [0.2, 0.25) is 0 Å². The van der Waals surface area contributed by atoms with Gasteiger partial charge in [0.25, 0.3) is 5.56 Å². The summed E-state index contributed by atoms with van der Waals surface area (Å²) in [5, 5.41) is 6.97. The van der Waals surface area contributed by atoms with Crippen molar-refractivity contribution in [3.63, 3.8) is 0 Å². The molecule has 0 saturated carbocycles. The molecule has 0 aromatic carbocycles. The molecule has 0 amide bonds. The van der Waals surface area contributed by atoms with Crippen molar-refractivity contribution in [1.82, 2.24) is 19.3 Å². The minimum Gasteiger partial charge on any atom is -0.398 e. The van der Waals surface area contributed by atoms with Gasteiger partial charge in [-0.2, -0.15) is 0 Å². The highest BCUT2D eigenvalue weighted by Crippen LogP contribution is 2.13. The molecule has 0 atom stereocenters. The maximum atomic E-state index is 11.6. The second-order valence-corrected chi connectivity index (χ2v) is 4.96. The predicted molar refractivity (Wildman–Crippen MR) is 74.4 cm³/mol. The fraction of sp³-hybridized carbons (Fsp3) is 0.364. The summed E-state index contributed by atoms with van der Waals surface area (Å²) in [5.74, 6) is 0.633. The Morgan fingerprint density at radius 1 is 1.42 bits per heavy atom. The lowest BCUT2D eigenvalue weighted by atomic mass is 10.4. The second kappa shape index (κ2) is 5.79. The Kier molecular flexibility index (Phi) is 4.10. The molecule has 2 rings (SSSR count). The number of hydrogen-bond donors (Lipinski definition) is 2. The van der Waals surface area contributed by atoms with Gasteiger partial charge in [-0.25, -0.2) is 9.89 Å². The van der Waals surface area contributed by atoms with Crippen LogP contribution >= 0.6 is 11.8 Å². The number of nitrogens with one attached hydrogen (secondary N) is 1. The summed E-state index contributed by atoms with van der Waals surface area (Å²) in [6, 6.07) is 3.02. The van der Waals surface area contributed by atoms with Gasteiger partial charge in [-0.15, -0.1) is 5.10 Å². The lowest BCUT2D eigenvalue weighted by Crippen LogP contribution is -2.20. The molecule has 2 aromatic rings. The van der Waals surface area contributed by atoms with Crippen LogP contribution in [-0.4, -0.2) is 25.1 Å². The monoisotopic (exact) mass is 281 g/mol.